The summed E-state index contributed by atoms with van der Waals surface area (Å²) < 4.78 is 5.18. The molecule has 0 aliphatic carbocycles. The number of para-hydroxylation sites is 2. The predicted molar refractivity (Wildman–Crippen MR) is 133 cm³/mol. The van der Waals surface area contributed by atoms with E-state index in [4.69, 9.17) is 9.72 Å². The number of rotatable bonds is 5. The van der Waals surface area contributed by atoms with Crippen molar-refractivity contribution in [3.63, 3.8) is 0 Å². The van der Waals surface area contributed by atoms with E-state index in [1.54, 1.807) is 12.0 Å². The summed E-state index contributed by atoms with van der Waals surface area (Å²) in [6.45, 7) is 4.23. The lowest BCUT2D eigenvalue weighted by Gasteiger charge is -2.35. The van der Waals surface area contributed by atoms with Gasteiger partial charge in [0.15, 0.2) is 5.82 Å². The molecule has 4 aromatic rings. The number of amides is 1. The standard InChI is InChI=1S/C26H26N6O3/c1-17-25(29-21-6-4-3-5-20(21)27-17)31-11-13-32(14-12-31)26(34)22-16-24(33)30-23(28-22)15-18-7-9-19(35-2)10-8-18/h3-10,16H,11-15H2,1-2H3,(H,28,30,33). The number of H-pyrrole nitrogens is 1. The van der Waals surface area contributed by atoms with Crippen LogP contribution in [0.2, 0.25) is 0 Å². The van der Waals surface area contributed by atoms with Crippen molar-refractivity contribution in [1.29, 1.82) is 0 Å². The summed E-state index contributed by atoms with van der Waals surface area (Å²) in [6.07, 6.45) is 0.411. The van der Waals surface area contributed by atoms with Crippen LogP contribution in [0, 0.1) is 6.92 Å². The summed E-state index contributed by atoms with van der Waals surface area (Å²) in [5.41, 5.74) is 3.36. The van der Waals surface area contributed by atoms with Crippen LogP contribution in [-0.4, -0.2) is 64.0 Å². The van der Waals surface area contributed by atoms with Gasteiger partial charge < -0.3 is 19.5 Å². The molecule has 0 unspecified atom stereocenters. The molecule has 0 atom stereocenters. The molecule has 9 nitrogen and oxygen atoms in total. The number of carbonyl (C=O) groups excluding carboxylic acids is 1. The zero-order valence-corrected chi connectivity index (χ0v) is 19.7. The molecule has 178 valence electrons. The Morgan fingerprint density at radius 2 is 1.66 bits per heavy atom. The number of anilines is 1. The van der Waals surface area contributed by atoms with Crippen molar-refractivity contribution >= 4 is 22.8 Å². The van der Waals surface area contributed by atoms with Crippen LogP contribution in [0.5, 0.6) is 5.75 Å². The number of aryl methyl sites for hydroxylation is 1. The number of methoxy groups -OCH3 is 1. The normalized spacial score (nSPS) is 13.8. The van der Waals surface area contributed by atoms with Gasteiger partial charge in [-0.2, -0.15) is 0 Å². The molecule has 5 rings (SSSR count). The van der Waals surface area contributed by atoms with Crippen LogP contribution in [0.3, 0.4) is 0 Å². The number of carbonyl (C=O) groups is 1. The molecular formula is C26H26N6O3. The summed E-state index contributed by atoms with van der Waals surface area (Å²) >= 11 is 0. The van der Waals surface area contributed by atoms with Gasteiger partial charge in [-0.05, 0) is 36.8 Å². The fraction of sp³-hybridized carbons (Fsp3) is 0.269. The van der Waals surface area contributed by atoms with E-state index in [0.717, 1.165) is 33.9 Å². The largest absolute Gasteiger partial charge is 0.497 e. The quantitative estimate of drug-likeness (QED) is 0.478. The minimum absolute atomic E-state index is 0.160. The van der Waals surface area contributed by atoms with Gasteiger partial charge in [-0.1, -0.05) is 24.3 Å². The molecule has 1 aliphatic heterocycles. The first-order valence-electron chi connectivity index (χ1n) is 11.5. The molecule has 0 saturated carbocycles. The van der Waals surface area contributed by atoms with Crippen molar-refractivity contribution in [2.45, 2.75) is 13.3 Å². The van der Waals surface area contributed by atoms with Gasteiger partial charge in [0.2, 0.25) is 0 Å². The topological polar surface area (TPSA) is 104 Å². The van der Waals surface area contributed by atoms with Crippen LogP contribution >= 0.6 is 0 Å². The van der Waals surface area contributed by atoms with Crippen molar-refractivity contribution < 1.29 is 9.53 Å². The third-order valence-corrected chi connectivity index (χ3v) is 6.13. The number of piperazine rings is 1. The number of benzene rings is 2. The van der Waals surface area contributed by atoms with Crippen LogP contribution in [0.25, 0.3) is 11.0 Å². The van der Waals surface area contributed by atoms with Crippen LogP contribution in [0.15, 0.2) is 59.4 Å². The van der Waals surface area contributed by atoms with Gasteiger partial charge in [-0.15, -0.1) is 0 Å². The molecular weight excluding hydrogens is 444 g/mol. The average molecular weight is 471 g/mol. The van der Waals surface area contributed by atoms with Gasteiger partial charge in [-0.25, -0.2) is 15.0 Å². The Balaban J connectivity index is 1.28. The van der Waals surface area contributed by atoms with Crippen LogP contribution in [0.1, 0.15) is 27.6 Å². The van der Waals surface area contributed by atoms with Gasteiger partial charge in [0.05, 0.1) is 23.8 Å². The molecule has 1 N–H and O–H groups in total. The second kappa shape index (κ2) is 9.54. The molecule has 0 spiro atoms. The molecule has 35 heavy (non-hydrogen) atoms. The second-order valence-corrected chi connectivity index (χ2v) is 8.50. The Kier molecular flexibility index (Phi) is 6.13. The first-order valence-corrected chi connectivity index (χ1v) is 11.5. The van der Waals surface area contributed by atoms with Gasteiger partial charge in [-0.3, -0.25) is 9.59 Å². The van der Waals surface area contributed by atoms with Gasteiger partial charge in [0.1, 0.15) is 17.3 Å². The Bertz CT molecular complexity index is 1430. The summed E-state index contributed by atoms with van der Waals surface area (Å²) in [5.74, 6) is 1.80. The lowest BCUT2D eigenvalue weighted by atomic mass is 10.1. The number of nitrogens with zero attached hydrogens (tertiary/aromatic N) is 5. The summed E-state index contributed by atoms with van der Waals surface area (Å²) in [7, 11) is 1.61. The van der Waals surface area contributed by atoms with Crippen LogP contribution in [-0.2, 0) is 6.42 Å². The summed E-state index contributed by atoms with van der Waals surface area (Å²) in [6, 6.07) is 16.6. The van der Waals surface area contributed by atoms with Crippen LogP contribution in [0.4, 0.5) is 5.82 Å². The van der Waals surface area contributed by atoms with Crippen molar-refractivity contribution in [2.24, 2.45) is 0 Å². The first kappa shape index (κ1) is 22.5. The smallest absolute Gasteiger partial charge is 0.272 e. The first-order chi connectivity index (χ1) is 17.0. The van der Waals surface area contributed by atoms with E-state index in [-0.39, 0.29) is 17.2 Å². The highest BCUT2D eigenvalue weighted by Gasteiger charge is 2.25. The van der Waals surface area contributed by atoms with Gasteiger partial charge >= 0.3 is 0 Å². The van der Waals surface area contributed by atoms with E-state index in [9.17, 15) is 9.59 Å². The minimum atomic E-state index is -0.340. The number of hydrogen-bond acceptors (Lipinski definition) is 7. The maximum atomic E-state index is 13.2. The molecule has 9 heteroatoms. The van der Waals surface area contributed by atoms with Crippen LogP contribution < -0.4 is 15.2 Å². The zero-order valence-electron chi connectivity index (χ0n) is 19.7. The van der Waals surface area contributed by atoms with Crippen molar-refractivity contribution in [2.75, 3.05) is 38.2 Å². The van der Waals surface area contributed by atoms with E-state index in [0.29, 0.717) is 38.4 Å². The summed E-state index contributed by atoms with van der Waals surface area (Å²) in [5, 5.41) is 0. The fourth-order valence-corrected chi connectivity index (χ4v) is 4.30. The van der Waals surface area contributed by atoms with E-state index in [2.05, 4.69) is 19.9 Å². The van der Waals surface area contributed by atoms with Gasteiger partial charge in [0, 0.05) is 38.7 Å². The second-order valence-electron chi connectivity index (χ2n) is 8.50. The monoisotopic (exact) mass is 470 g/mol. The Labute approximate surface area is 202 Å². The molecule has 1 fully saturated rings. The molecule has 1 amide bonds. The van der Waals surface area contributed by atoms with E-state index >= 15 is 0 Å². The third-order valence-electron chi connectivity index (χ3n) is 6.13. The lowest BCUT2D eigenvalue weighted by Crippen LogP contribution is -2.49. The lowest BCUT2D eigenvalue weighted by molar-refractivity contribution is 0.0740. The zero-order chi connectivity index (χ0) is 24.4. The molecule has 1 saturated heterocycles. The molecule has 1 aliphatic rings. The van der Waals surface area contributed by atoms with Crippen molar-refractivity contribution in [3.8, 4) is 5.75 Å². The SMILES string of the molecule is COc1ccc(Cc2nc(C(=O)N3CCN(c4nc5ccccc5nc4C)CC3)cc(=O)[nH]2)cc1. The number of ether oxygens (including phenoxy) is 1. The predicted octanol–water partition coefficient (Wildman–Crippen LogP) is 2.58. The number of fused-ring (bicyclic) bond motifs is 1. The van der Waals surface area contributed by atoms with Crippen molar-refractivity contribution in [1.82, 2.24) is 24.8 Å². The van der Waals surface area contributed by atoms with E-state index in [1.165, 1.54) is 6.07 Å². The number of aromatic nitrogens is 4. The van der Waals surface area contributed by atoms with Gasteiger partial charge in [0.25, 0.3) is 11.5 Å². The maximum absolute atomic E-state index is 13.2. The molecule has 2 aromatic heterocycles. The number of nitrogens with one attached hydrogen (secondary N) is 1. The number of aromatic amines is 1. The molecule has 2 aromatic carbocycles. The Morgan fingerprint density at radius 1 is 0.971 bits per heavy atom. The van der Waals surface area contributed by atoms with E-state index in [1.807, 2.05) is 55.5 Å². The highest BCUT2D eigenvalue weighted by atomic mass is 16.5. The highest BCUT2D eigenvalue weighted by molar-refractivity contribution is 5.92. The number of hydrogen-bond donors (Lipinski definition) is 1. The third kappa shape index (κ3) is 4.84. The van der Waals surface area contributed by atoms with E-state index < -0.39 is 0 Å². The Morgan fingerprint density at radius 3 is 2.34 bits per heavy atom. The fourth-order valence-electron chi connectivity index (χ4n) is 4.30. The highest BCUT2D eigenvalue weighted by Crippen LogP contribution is 2.21. The average Bonchev–Trinajstić information content (AvgIpc) is 2.88. The maximum Gasteiger partial charge on any atom is 0.272 e. The summed E-state index contributed by atoms with van der Waals surface area (Å²) in [4.78, 5) is 46.0. The molecule has 0 bridgehead atoms. The molecule has 0 radical (unpaired) electrons. The molecule has 3 heterocycles. The Hall–Kier alpha value is -4.27. The van der Waals surface area contributed by atoms with Crippen molar-refractivity contribution in [3.05, 3.63) is 87.7 Å². The minimum Gasteiger partial charge on any atom is -0.497 e.